The van der Waals surface area contributed by atoms with Crippen molar-refractivity contribution in [2.24, 2.45) is 0 Å². The largest absolute Gasteiger partial charge is 0.497 e. The van der Waals surface area contributed by atoms with Gasteiger partial charge in [-0.15, -0.1) is 0 Å². The zero-order chi connectivity index (χ0) is 17.4. The molecule has 5 nitrogen and oxygen atoms in total. The Morgan fingerprint density at radius 2 is 2.12 bits per heavy atom. The van der Waals surface area contributed by atoms with Crippen molar-refractivity contribution in [3.05, 3.63) is 62.9 Å². The molecule has 0 aliphatic rings. The lowest BCUT2D eigenvalue weighted by molar-refractivity contribution is 0.415. The van der Waals surface area contributed by atoms with E-state index in [4.69, 9.17) is 9.15 Å². The molecule has 2 heterocycles. The number of thioether (sulfide) groups is 1. The number of methoxy groups -OCH3 is 1. The van der Waals surface area contributed by atoms with Crippen LogP contribution in [0.5, 0.6) is 5.75 Å². The Hall–Kier alpha value is -2.25. The van der Waals surface area contributed by atoms with Crippen molar-refractivity contribution in [2.75, 3.05) is 7.11 Å². The zero-order valence-electron chi connectivity index (χ0n) is 13.2. The number of imidazole rings is 1. The van der Waals surface area contributed by atoms with Crippen LogP contribution in [0.2, 0.25) is 0 Å². The first-order valence-electron chi connectivity index (χ1n) is 7.51. The smallest absolute Gasteiger partial charge is 0.336 e. The molecule has 0 saturated carbocycles. The maximum absolute atomic E-state index is 11.8. The van der Waals surface area contributed by atoms with Crippen molar-refractivity contribution < 1.29 is 9.15 Å². The van der Waals surface area contributed by atoms with E-state index in [9.17, 15) is 4.79 Å². The Morgan fingerprint density at radius 1 is 1.24 bits per heavy atom. The lowest BCUT2D eigenvalue weighted by Crippen LogP contribution is -1.99. The molecule has 1 N–H and O–H groups in total. The standard InChI is InChI=1S/C18H13BrN2O3S/c1-23-12-3-5-14-15(8-12)21-18(20-14)25-9-10-6-17(22)24-16-7-11(19)2-4-13(10)16/h2-8H,9H2,1H3,(H,20,21). The van der Waals surface area contributed by atoms with Gasteiger partial charge in [-0.3, -0.25) is 0 Å². The molecule has 0 spiro atoms. The summed E-state index contributed by atoms with van der Waals surface area (Å²) in [7, 11) is 1.64. The molecule has 126 valence electrons. The molecule has 2 aromatic carbocycles. The Labute approximate surface area is 155 Å². The molecule has 0 amide bonds. The number of aromatic nitrogens is 2. The third-order valence-corrected chi connectivity index (χ3v) is 5.24. The minimum Gasteiger partial charge on any atom is -0.497 e. The molecule has 0 aliphatic heterocycles. The van der Waals surface area contributed by atoms with Crippen LogP contribution in [0.1, 0.15) is 5.56 Å². The van der Waals surface area contributed by atoms with Crippen LogP contribution in [-0.2, 0) is 5.75 Å². The molecular formula is C18H13BrN2O3S. The molecule has 0 atom stereocenters. The van der Waals surface area contributed by atoms with Crippen molar-refractivity contribution in [2.45, 2.75) is 10.9 Å². The first kappa shape index (κ1) is 16.2. The molecule has 0 unspecified atom stereocenters. The summed E-state index contributed by atoms with van der Waals surface area (Å²) in [4.78, 5) is 19.6. The van der Waals surface area contributed by atoms with Crippen molar-refractivity contribution in [3.8, 4) is 5.75 Å². The SMILES string of the molecule is COc1ccc2nc(SCc3cc(=O)oc4cc(Br)ccc34)[nH]c2c1. The molecule has 0 saturated heterocycles. The fraction of sp³-hybridized carbons (Fsp3) is 0.111. The highest BCUT2D eigenvalue weighted by Crippen LogP contribution is 2.28. The number of hydrogen-bond acceptors (Lipinski definition) is 5. The summed E-state index contributed by atoms with van der Waals surface area (Å²) in [5, 5.41) is 1.72. The maximum atomic E-state index is 11.8. The third-order valence-electron chi connectivity index (χ3n) is 3.82. The summed E-state index contributed by atoms with van der Waals surface area (Å²) < 4.78 is 11.4. The highest BCUT2D eigenvalue weighted by atomic mass is 79.9. The number of rotatable bonds is 4. The van der Waals surface area contributed by atoms with Gasteiger partial charge in [0.1, 0.15) is 11.3 Å². The van der Waals surface area contributed by atoms with Gasteiger partial charge in [0, 0.05) is 27.7 Å². The number of nitrogens with one attached hydrogen (secondary N) is 1. The second kappa shape index (κ2) is 6.57. The average molecular weight is 417 g/mol. The van der Waals surface area contributed by atoms with Crippen LogP contribution < -0.4 is 10.4 Å². The molecular weight excluding hydrogens is 404 g/mol. The van der Waals surface area contributed by atoms with Crippen molar-refractivity contribution >= 4 is 49.7 Å². The first-order valence-corrected chi connectivity index (χ1v) is 9.29. The summed E-state index contributed by atoms with van der Waals surface area (Å²) >= 11 is 4.94. The lowest BCUT2D eigenvalue weighted by atomic mass is 10.1. The fourth-order valence-corrected chi connectivity index (χ4v) is 3.85. The predicted molar refractivity (Wildman–Crippen MR) is 102 cm³/mol. The van der Waals surface area contributed by atoms with E-state index in [-0.39, 0.29) is 5.63 Å². The van der Waals surface area contributed by atoms with Gasteiger partial charge in [0.25, 0.3) is 0 Å². The van der Waals surface area contributed by atoms with Gasteiger partial charge in [0.15, 0.2) is 5.16 Å². The Kier molecular flexibility index (Phi) is 4.27. The van der Waals surface area contributed by atoms with E-state index in [1.165, 1.54) is 6.07 Å². The van der Waals surface area contributed by atoms with Crippen LogP contribution in [-0.4, -0.2) is 17.1 Å². The molecule has 2 aromatic heterocycles. The zero-order valence-corrected chi connectivity index (χ0v) is 15.6. The Balaban J connectivity index is 1.65. The number of ether oxygens (including phenoxy) is 1. The number of fused-ring (bicyclic) bond motifs is 2. The highest BCUT2D eigenvalue weighted by molar-refractivity contribution is 9.10. The molecule has 7 heteroatoms. The average Bonchev–Trinajstić information content (AvgIpc) is 3.00. The van der Waals surface area contributed by atoms with E-state index in [0.29, 0.717) is 11.3 Å². The summed E-state index contributed by atoms with van der Waals surface area (Å²) in [6.45, 7) is 0. The number of H-pyrrole nitrogens is 1. The van der Waals surface area contributed by atoms with Gasteiger partial charge >= 0.3 is 5.63 Å². The normalized spacial score (nSPS) is 11.3. The third kappa shape index (κ3) is 3.29. The molecule has 4 aromatic rings. The van der Waals surface area contributed by atoms with Gasteiger partial charge in [-0.2, -0.15) is 0 Å². The minimum atomic E-state index is -0.351. The number of halogens is 1. The Morgan fingerprint density at radius 3 is 2.96 bits per heavy atom. The van der Waals surface area contributed by atoms with E-state index in [2.05, 4.69) is 25.9 Å². The van der Waals surface area contributed by atoms with Crippen molar-refractivity contribution in [3.63, 3.8) is 0 Å². The second-order valence-electron chi connectivity index (χ2n) is 5.44. The highest BCUT2D eigenvalue weighted by Gasteiger charge is 2.09. The Bertz CT molecular complexity index is 1140. The second-order valence-corrected chi connectivity index (χ2v) is 7.32. The van der Waals surface area contributed by atoms with Crippen LogP contribution in [0.25, 0.3) is 22.0 Å². The first-order chi connectivity index (χ1) is 12.1. The molecule has 0 bridgehead atoms. The molecule has 0 fully saturated rings. The van der Waals surface area contributed by atoms with Crippen LogP contribution in [0.3, 0.4) is 0 Å². The van der Waals surface area contributed by atoms with E-state index in [0.717, 1.165) is 37.4 Å². The summed E-state index contributed by atoms with van der Waals surface area (Å²) in [5.41, 5.74) is 2.94. The number of nitrogens with zero attached hydrogens (tertiary/aromatic N) is 1. The van der Waals surface area contributed by atoms with Crippen molar-refractivity contribution in [1.29, 1.82) is 0 Å². The monoisotopic (exact) mass is 416 g/mol. The van der Waals surface area contributed by atoms with Gasteiger partial charge in [-0.05, 0) is 35.9 Å². The van der Waals surface area contributed by atoms with Gasteiger partial charge in [-0.1, -0.05) is 27.7 Å². The molecule has 4 rings (SSSR count). The molecule has 25 heavy (non-hydrogen) atoms. The van der Waals surface area contributed by atoms with Crippen LogP contribution >= 0.6 is 27.7 Å². The number of hydrogen-bond donors (Lipinski definition) is 1. The van der Waals surface area contributed by atoms with Gasteiger partial charge in [0.2, 0.25) is 0 Å². The van der Waals surface area contributed by atoms with E-state index < -0.39 is 0 Å². The lowest BCUT2D eigenvalue weighted by Gasteiger charge is -2.04. The summed E-state index contributed by atoms with van der Waals surface area (Å²) in [6, 6.07) is 12.9. The fourth-order valence-electron chi connectivity index (χ4n) is 2.63. The van der Waals surface area contributed by atoms with E-state index >= 15 is 0 Å². The minimum absolute atomic E-state index is 0.351. The quantitative estimate of drug-likeness (QED) is 0.384. The van der Waals surface area contributed by atoms with Gasteiger partial charge < -0.3 is 14.1 Å². The predicted octanol–water partition coefficient (Wildman–Crippen LogP) is 4.73. The maximum Gasteiger partial charge on any atom is 0.336 e. The summed E-state index contributed by atoms with van der Waals surface area (Å²) in [6.07, 6.45) is 0. The number of benzene rings is 2. The van der Waals surface area contributed by atoms with Crippen LogP contribution in [0.4, 0.5) is 0 Å². The molecule has 0 aliphatic carbocycles. The summed E-state index contributed by atoms with van der Waals surface area (Å²) in [5.74, 6) is 1.39. The van der Waals surface area contributed by atoms with Gasteiger partial charge in [-0.25, -0.2) is 9.78 Å². The van der Waals surface area contributed by atoms with Gasteiger partial charge in [0.05, 0.1) is 18.1 Å². The van der Waals surface area contributed by atoms with E-state index in [1.54, 1.807) is 24.9 Å². The topological polar surface area (TPSA) is 68.1 Å². The van der Waals surface area contributed by atoms with Crippen LogP contribution in [0.15, 0.2) is 61.3 Å². The molecule has 0 radical (unpaired) electrons. The van der Waals surface area contributed by atoms with Crippen molar-refractivity contribution in [1.82, 2.24) is 9.97 Å². The number of aromatic amines is 1. The van der Waals surface area contributed by atoms with Crippen LogP contribution in [0, 0.1) is 0 Å². The van der Waals surface area contributed by atoms with E-state index in [1.807, 2.05) is 30.3 Å².